The lowest BCUT2D eigenvalue weighted by Crippen LogP contribution is -2.60. The van der Waals surface area contributed by atoms with E-state index in [4.69, 9.17) is 0 Å². The van der Waals surface area contributed by atoms with Gasteiger partial charge in [0.25, 0.3) is 0 Å². The SMILES string of the molecule is FC(F)(F)C1(C(F)(F)F)N=C(Cc2ccccc2)N(CCc2ccccc2)C(c2ccccc2)=N1. The molecule has 0 saturated heterocycles. The molecule has 0 bridgehead atoms. The maximum atomic E-state index is 14.1. The van der Waals surface area contributed by atoms with E-state index in [9.17, 15) is 26.3 Å². The molecule has 0 fully saturated rings. The molecule has 35 heavy (non-hydrogen) atoms. The topological polar surface area (TPSA) is 28.0 Å². The Morgan fingerprint density at radius 1 is 0.629 bits per heavy atom. The summed E-state index contributed by atoms with van der Waals surface area (Å²) in [6.07, 6.45) is -11.4. The summed E-state index contributed by atoms with van der Waals surface area (Å²) < 4.78 is 84.7. The minimum atomic E-state index is -5.79. The third-order valence-corrected chi connectivity index (χ3v) is 5.62. The first-order valence-corrected chi connectivity index (χ1v) is 10.8. The van der Waals surface area contributed by atoms with Crippen LogP contribution in [0.2, 0.25) is 0 Å². The van der Waals surface area contributed by atoms with Crippen LogP contribution in [0.25, 0.3) is 0 Å². The van der Waals surface area contributed by atoms with Crippen LogP contribution in [-0.4, -0.2) is 41.1 Å². The third-order valence-electron chi connectivity index (χ3n) is 5.62. The van der Waals surface area contributed by atoms with E-state index in [0.717, 1.165) is 5.56 Å². The molecule has 0 unspecified atom stereocenters. The van der Waals surface area contributed by atoms with E-state index in [2.05, 4.69) is 9.98 Å². The average molecular weight is 489 g/mol. The lowest BCUT2D eigenvalue weighted by atomic mass is 10.0. The molecule has 0 saturated carbocycles. The van der Waals surface area contributed by atoms with Crippen molar-refractivity contribution in [3.05, 3.63) is 108 Å². The summed E-state index contributed by atoms with van der Waals surface area (Å²) in [5.74, 6) is -0.771. The van der Waals surface area contributed by atoms with Gasteiger partial charge >= 0.3 is 18.0 Å². The van der Waals surface area contributed by atoms with E-state index < -0.39 is 23.9 Å². The summed E-state index contributed by atoms with van der Waals surface area (Å²) in [7, 11) is 0. The third kappa shape index (κ3) is 5.08. The summed E-state index contributed by atoms with van der Waals surface area (Å²) in [5, 5.41) is 0. The van der Waals surface area contributed by atoms with Crippen LogP contribution in [-0.2, 0) is 12.8 Å². The number of aliphatic imine (C=N–C) groups is 2. The van der Waals surface area contributed by atoms with Crippen LogP contribution in [0.15, 0.2) is 101 Å². The highest BCUT2D eigenvalue weighted by Crippen LogP contribution is 2.49. The van der Waals surface area contributed by atoms with E-state index in [0.29, 0.717) is 12.0 Å². The van der Waals surface area contributed by atoms with Crippen molar-refractivity contribution < 1.29 is 26.3 Å². The molecule has 0 atom stereocenters. The van der Waals surface area contributed by atoms with E-state index in [1.807, 2.05) is 30.3 Å². The van der Waals surface area contributed by atoms with Gasteiger partial charge in [0.2, 0.25) is 0 Å². The number of nitrogens with zero attached hydrogens (tertiary/aromatic N) is 3. The molecule has 0 aliphatic carbocycles. The van der Waals surface area contributed by atoms with Crippen molar-refractivity contribution in [2.45, 2.75) is 30.9 Å². The number of halogens is 6. The highest BCUT2D eigenvalue weighted by Gasteiger charge is 2.73. The Balaban J connectivity index is 1.88. The Hall–Kier alpha value is -3.62. The second-order valence-electron chi connectivity index (χ2n) is 8.05. The van der Waals surface area contributed by atoms with Crippen LogP contribution in [0.3, 0.4) is 0 Å². The van der Waals surface area contributed by atoms with Gasteiger partial charge in [-0.05, 0) is 17.5 Å². The summed E-state index contributed by atoms with van der Waals surface area (Å²) in [5.41, 5.74) is -3.05. The largest absolute Gasteiger partial charge is 0.443 e. The molecule has 0 aromatic heterocycles. The predicted octanol–water partition coefficient (Wildman–Crippen LogP) is 6.45. The number of benzene rings is 3. The highest BCUT2D eigenvalue weighted by atomic mass is 19.4. The minimum absolute atomic E-state index is 0.0925. The molecule has 1 aliphatic rings. The van der Waals surface area contributed by atoms with Gasteiger partial charge in [-0.2, -0.15) is 26.3 Å². The van der Waals surface area contributed by atoms with E-state index in [1.165, 1.54) is 17.0 Å². The van der Waals surface area contributed by atoms with Gasteiger partial charge < -0.3 is 4.90 Å². The zero-order valence-electron chi connectivity index (χ0n) is 18.4. The van der Waals surface area contributed by atoms with Crippen molar-refractivity contribution in [2.24, 2.45) is 9.98 Å². The van der Waals surface area contributed by atoms with Crippen LogP contribution in [0, 0.1) is 0 Å². The maximum Gasteiger partial charge on any atom is 0.443 e. The quantitative estimate of drug-likeness (QED) is 0.366. The van der Waals surface area contributed by atoms with Gasteiger partial charge in [0.15, 0.2) is 0 Å². The van der Waals surface area contributed by atoms with Gasteiger partial charge in [0.1, 0.15) is 11.7 Å². The van der Waals surface area contributed by atoms with Gasteiger partial charge in [0, 0.05) is 18.5 Å². The zero-order valence-corrected chi connectivity index (χ0v) is 18.4. The Kier molecular flexibility index (Phi) is 6.69. The molecule has 4 rings (SSSR count). The predicted molar refractivity (Wildman–Crippen MR) is 122 cm³/mol. The molecule has 9 heteroatoms. The summed E-state index contributed by atoms with van der Waals surface area (Å²) in [4.78, 5) is 8.01. The normalized spacial score (nSPS) is 16.0. The van der Waals surface area contributed by atoms with Crippen molar-refractivity contribution in [2.75, 3.05) is 6.54 Å². The van der Waals surface area contributed by atoms with E-state index in [-0.39, 0.29) is 24.4 Å². The van der Waals surface area contributed by atoms with Gasteiger partial charge in [-0.1, -0.05) is 91.0 Å². The first-order valence-electron chi connectivity index (χ1n) is 10.8. The highest BCUT2D eigenvalue weighted by molar-refractivity contribution is 6.11. The first-order chi connectivity index (χ1) is 16.6. The molecule has 3 nitrogen and oxygen atoms in total. The van der Waals surface area contributed by atoms with Crippen LogP contribution in [0.4, 0.5) is 26.3 Å². The van der Waals surface area contributed by atoms with E-state index >= 15 is 0 Å². The minimum Gasteiger partial charge on any atom is -0.314 e. The van der Waals surface area contributed by atoms with E-state index in [1.54, 1.807) is 48.5 Å². The summed E-state index contributed by atoms with van der Waals surface area (Å²) in [6.45, 7) is 0.0925. The molecule has 1 aliphatic heterocycles. The molecular weight excluding hydrogens is 468 g/mol. The number of rotatable bonds is 6. The summed E-state index contributed by atoms with van der Waals surface area (Å²) >= 11 is 0. The second-order valence-corrected chi connectivity index (χ2v) is 8.05. The maximum absolute atomic E-state index is 14.1. The van der Waals surface area contributed by atoms with Gasteiger partial charge in [0.05, 0.1) is 0 Å². The molecule has 0 amide bonds. The van der Waals surface area contributed by atoms with Gasteiger partial charge in [-0.3, -0.25) is 0 Å². The standard InChI is InChI=1S/C26H21F6N3/c27-25(28,29)24(26(30,31)32)33-22(18-20-12-6-2-7-13-20)35(17-16-19-10-4-1-5-11-19)23(34-24)21-14-8-3-9-15-21/h1-15H,16-18H2. The Morgan fingerprint density at radius 2 is 1.11 bits per heavy atom. The molecular formula is C26H21F6N3. The van der Waals surface area contributed by atoms with Crippen molar-refractivity contribution in [1.29, 1.82) is 0 Å². The Morgan fingerprint density at radius 3 is 1.63 bits per heavy atom. The van der Waals surface area contributed by atoms with Crippen LogP contribution < -0.4 is 0 Å². The lowest BCUT2D eigenvalue weighted by Gasteiger charge is -2.39. The fourth-order valence-corrected chi connectivity index (χ4v) is 3.86. The first kappa shape index (κ1) is 24.5. The monoisotopic (exact) mass is 489 g/mol. The van der Waals surface area contributed by atoms with Gasteiger partial charge in [-0.25, -0.2) is 9.98 Å². The smallest absolute Gasteiger partial charge is 0.314 e. The fraction of sp³-hybridized carbons (Fsp3) is 0.231. The average Bonchev–Trinajstić information content (AvgIpc) is 2.83. The van der Waals surface area contributed by atoms with Crippen molar-refractivity contribution in [1.82, 2.24) is 4.90 Å². The van der Waals surface area contributed by atoms with Crippen molar-refractivity contribution >= 4 is 11.7 Å². The molecule has 1 heterocycles. The molecule has 0 N–H and O–H groups in total. The molecule has 0 spiro atoms. The van der Waals surface area contributed by atoms with Crippen molar-refractivity contribution in [3.8, 4) is 0 Å². The van der Waals surface area contributed by atoms with Crippen molar-refractivity contribution in [3.63, 3.8) is 0 Å². The number of hydrogen-bond acceptors (Lipinski definition) is 3. The van der Waals surface area contributed by atoms with Crippen LogP contribution >= 0.6 is 0 Å². The number of alkyl halides is 6. The molecule has 0 radical (unpaired) electrons. The molecule has 3 aromatic carbocycles. The number of amidine groups is 2. The lowest BCUT2D eigenvalue weighted by molar-refractivity contribution is -0.293. The van der Waals surface area contributed by atoms with Crippen LogP contribution in [0.5, 0.6) is 0 Å². The second kappa shape index (κ2) is 9.56. The fourth-order valence-electron chi connectivity index (χ4n) is 3.86. The Bertz CT molecular complexity index is 1170. The molecule has 182 valence electrons. The molecule has 3 aromatic rings. The Labute approximate surface area is 198 Å². The zero-order chi connectivity index (χ0) is 25.1. The van der Waals surface area contributed by atoms with Crippen LogP contribution in [0.1, 0.15) is 16.7 Å². The van der Waals surface area contributed by atoms with Gasteiger partial charge in [-0.15, -0.1) is 0 Å². The summed E-state index contributed by atoms with van der Waals surface area (Å²) in [6, 6.07) is 25.0. The number of hydrogen-bond donors (Lipinski definition) is 0.